The Kier molecular flexibility index (Phi) is 36.2. The lowest BCUT2D eigenvalue weighted by Gasteiger charge is -2.42. The smallest absolute Gasteiger partial charge is 0.306 e. The van der Waals surface area contributed by atoms with Crippen LogP contribution < -0.4 is 0 Å². The van der Waals surface area contributed by atoms with Gasteiger partial charge in [0, 0.05) is 13.0 Å². The first-order valence-electron chi connectivity index (χ1n) is 25.7. The minimum Gasteiger partial charge on any atom is -0.457 e. The van der Waals surface area contributed by atoms with Crippen LogP contribution in [0.5, 0.6) is 0 Å². The largest absolute Gasteiger partial charge is 0.457 e. The number of esters is 1. The van der Waals surface area contributed by atoms with Gasteiger partial charge in [-0.15, -0.1) is 0 Å². The molecule has 11 atom stereocenters. The monoisotopic (exact) mass is 941 g/mol. The van der Waals surface area contributed by atoms with E-state index < -0.39 is 80.7 Å². The van der Waals surface area contributed by atoms with Crippen molar-refractivity contribution in [3.63, 3.8) is 0 Å². The maximum atomic E-state index is 13.0. The third-order valence-corrected chi connectivity index (χ3v) is 12.1. The van der Waals surface area contributed by atoms with E-state index in [4.69, 9.17) is 28.4 Å². The first kappa shape index (κ1) is 60.1. The maximum absolute atomic E-state index is 13.0. The Labute approximate surface area is 397 Å². The van der Waals surface area contributed by atoms with Crippen LogP contribution in [0.4, 0.5) is 0 Å². The number of aliphatic hydroxyl groups is 7. The molecule has 2 saturated heterocycles. The minimum absolute atomic E-state index is 0.0496. The van der Waals surface area contributed by atoms with Crippen LogP contribution in [0.1, 0.15) is 174 Å². The number of carbonyl (C=O) groups is 1. The Morgan fingerprint density at radius 3 is 1.55 bits per heavy atom. The molecule has 0 aromatic heterocycles. The van der Waals surface area contributed by atoms with Gasteiger partial charge >= 0.3 is 5.97 Å². The molecule has 2 aliphatic heterocycles. The van der Waals surface area contributed by atoms with E-state index in [-0.39, 0.29) is 25.6 Å². The molecular formula is C52H92O14. The summed E-state index contributed by atoms with van der Waals surface area (Å²) in [6, 6.07) is 0. The van der Waals surface area contributed by atoms with Crippen molar-refractivity contribution in [2.24, 2.45) is 0 Å². The lowest BCUT2D eigenvalue weighted by Crippen LogP contribution is -2.61. The highest BCUT2D eigenvalue weighted by Crippen LogP contribution is 2.26. The molecule has 2 heterocycles. The van der Waals surface area contributed by atoms with E-state index >= 15 is 0 Å². The van der Waals surface area contributed by atoms with Crippen molar-refractivity contribution >= 4 is 5.97 Å². The number of unbranched alkanes of at least 4 members (excludes halogenated alkanes) is 18. The topological polar surface area (TPSA) is 214 Å². The minimum atomic E-state index is -1.71. The molecule has 2 fully saturated rings. The molecule has 0 aliphatic carbocycles. The second-order valence-corrected chi connectivity index (χ2v) is 18.0. The molecule has 0 saturated carbocycles. The van der Waals surface area contributed by atoms with E-state index in [0.717, 1.165) is 83.5 Å². The quantitative estimate of drug-likeness (QED) is 0.0179. The van der Waals surface area contributed by atoms with Crippen LogP contribution in [-0.2, 0) is 33.2 Å². The fourth-order valence-corrected chi connectivity index (χ4v) is 7.92. The van der Waals surface area contributed by atoms with E-state index in [9.17, 15) is 40.5 Å². The molecule has 11 unspecified atom stereocenters. The van der Waals surface area contributed by atoms with Gasteiger partial charge in [-0.25, -0.2) is 0 Å². The van der Waals surface area contributed by atoms with Gasteiger partial charge in [0.25, 0.3) is 0 Å². The summed E-state index contributed by atoms with van der Waals surface area (Å²) in [7, 11) is 0. The summed E-state index contributed by atoms with van der Waals surface area (Å²) in [4.78, 5) is 13.0. The molecule has 66 heavy (non-hydrogen) atoms. The molecule has 0 aromatic carbocycles. The summed E-state index contributed by atoms with van der Waals surface area (Å²) in [6.07, 6.45) is 28.8. The molecule has 0 bridgehead atoms. The molecule has 7 N–H and O–H groups in total. The SMILES string of the molecule is CC/C=C\C/C=C\C/C=C\C/C=C\CCCCCCCOCC(COC1OC(COC2OC(CO)C(O)C(O)C2O)C(O)C(O)C1O)OC(=O)CCCCCCCCCCCCCCCC. The zero-order valence-corrected chi connectivity index (χ0v) is 40.7. The van der Waals surface area contributed by atoms with Crippen LogP contribution >= 0.6 is 0 Å². The normalized spacial score (nSPS) is 26.7. The van der Waals surface area contributed by atoms with Crippen molar-refractivity contribution in [3.05, 3.63) is 48.6 Å². The molecule has 2 rings (SSSR count). The number of hydrogen-bond acceptors (Lipinski definition) is 14. The summed E-state index contributed by atoms with van der Waals surface area (Å²) in [5.41, 5.74) is 0. The molecular weight excluding hydrogens is 849 g/mol. The van der Waals surface area contributed by atoms with Crippen LogP contribution in [0.25, 0.3) is 0 Å². The van der Waals surface area contributed by atoms with E-state index in [0.29, 0.717) is 13.0 Å². The van der Waals surface area contributed by atoms with E-state index in [1.807, 2.05) is 0 Å². The number of aliphatic hydroxyl groups excluding tert-OH is 7. The van der Waals surface area contributed by atoms with E-state index in [2.05, 4.69) is 62.5 Å². The Bertz CT molecular complexity index is 1280. The summed E-state index contributed by atoms with van der Waals surface area (Å²) in [5, 5.41) is 72.1. The van der Waals surface area contributed by atoms with Crippen molar-refractivity contribution in [2.45, 2.75) is 242 Å². The molecule has 14 nitrogen and oxygen atoms in total. The summed E-state index contributed by atoms with van der Waals surface area (Å²) < 4.78 is 34.3. The fraction of sp³-hybridized carbons (Fsp3) is 0.827. The van der Waals surface area contributed by atoms with E-state index in [1.165, 1.54) is 64.2 Å². The Morgan fingerprint density at radius 1 is 0.515 bits per heavy atom. The van der Waals surface area contributed by atoms with Gasteiger partial charge in [0.05, 0.1) is 26.4 Å². The first-order valence-corrected chi connectivity index (χ1v) is 25.7. The van der Waals surface area contributed by atoms with E-state index in [1.54, 1.807) is 0 Å². The number of rotatable bonds is 40. The van der Waals surface area contributed by atoms with Gasteiger partial charge in [0.15, 0.2) is 12.6 Å². The average Bonchev–Trinajstić information content (AvgIpc) is 3.31. The van der Waals surface area contributed by atoms with Crippen molar-refractivity contribution < 1.29 is 69.0 Å². The van der Waals surface area contributed by atoms with Crippen LogP contribution in [0, 0.1) is 0 Å². The Balaban J connectivity index is 1.78. The Hall–Kier alpha value is -2.05. The highest BCUT2D eigenvalue weighted by atomic mass is 16.7. The standard InChI is InChI=1S/C52H92O14/c1-3-5-7-9-11-13-15-17-19-20-21-22-24-26-28-30-32-34-36-61-38-41(64-44(54)35-33-31-29-27-25-23-18-16-14-12-10-8-6-4-2)39-62-51-50(60)48(58)46(56)43(66-51)40-63-52-49(59)47(57)45(55)42(37-53)65-52/h5,7,11,13,17,19,21-22,41-43,45-53,55-60H,3-4,6,8-10,12,14-16,18,20,23-40H2,1-2H3/b7-5-,13-11-,19-17-,22-21-. The summed E-state index contributed by atoms with van der Waals surface area (Å²) in [6.45, 7) is 3.53. The molecule has 0 radical (unpaired) electrons. The first-order chi connectivity index (χ1) is 32.1. The van der Waals surface area contributed by atoms with Gasteiger partial charge in [-0.2, -0.15) is 0 Å². The molecule has 0 spiro atoms. The second-order valence-electron chi connectivity index (χ2n) is 18.0. The predicted octanol–water partition coefficient (Wildman–Crippen LogP) is 7.57. The van der Waals surface area contributed by atoms with Gasteiger partial charge in [0.2, 0.25) is 0 Å². The number of ether oxygens (including phenoxy) is 6. The van der Waals surface area contributed by atoms with Crippen LogP contribution in [0.2, 0.25) is 0 Å². The molecule has 14 heteroatoms. The van der Waals surface area contributed by atoms with Gasteiger partial charge < -0.3 is 64.2 Å². The van der Waals surface area contributed by atoms with Crippen molar-refractivity contribution in [1.29, 1.82) is 0 Å². The van der Waals surface area contributed by atoms with Crippen LogP contribution in [-0.4, -0.2) is 142 Å². The molecule has 0 aromatic rings. The van der Waals surface area contributed by atoms with Gasteiger partial charge in [-0.05, 0) is 51.4 Å². The Morgan fingerprint density at radius 2 is 0.985 bits per heavy atom. The molecule has 0 amide bonds. The van der Waals surface area contributed by atoms with Crippen molar-refractivity contribution in [1.82, 2.24) is 0 Å². The number of allylic oxidation sites excluding steroid dienone is 8. The zero-order valence-electron chi connectivity index (χ0n) is 40.7. The summed E-state index contributed by atoms with van der Waals surface area (Å²) >= 11 is 0. The average molecular weight is 941 g/mol. The summed E-state index contributed by atoms with van der Waals surface area (Å²) in [5.74, 6) is -0.384. The fourth-order valence-electron chi connectivity index (χ4n) is 7.92. The molecule has 384 valence electrons. The lowest BCUT2D eigenvalue weighted by atomic mass is 9.98. The van der Waals surface area contributed by atoms with Gasteiger partial charge in [-0.3, -0.25) is 4.79 Å². The highest BCUT2D eigenvalue weighted by molar-refractivity contribution is 5.69. The lowest BCUT2D eigenvalue weighted by molar-refractivity contribution is -0.332. The van der Waals surface area contributed by atoms with Gasteiger partial charge in [-0.1, -0.05) is 165 Å². The second kappa shape index (κ2) is 39.8. The number of hydrogen-bond donors (Lipinski definition) is 7. The predicted molar refractivity (Wildman–Crippen MR) is 256 cm³/mol. The van der Waals surface area contributed by atoms with Crippen LogP contribution in [0.3, 0.4) is 0 Å². The van der Waals surface area contributed by atoms with Crippen molar-refractivity contribution in [2.75, 3.05) is 33.0 Å². The van der Waals surface area contributed by atoms with Gasteiger partial charge in [0.1, 0.15) is 54.9 Å². The van der Waals surface area contributed by atoms with Crippen molar-refractivity contribution in [3.8, 4) is 0 Å². The van der Waals surface area contributed by atoms with Crippen LogP contribution in [0.15, 0.2) is 48.6 Å². The zero-order chi connectivity index (χ0) is 48.0. The number of carbonyl (C=O) groups excluding carboxylic acids is 1. The maximum Gasteiger partial charge on any atom is 0.306 e. The third-order valence-electron chi connectivity index (χ3n) is 12.1. The highest BCUT2D eigenvalue weighted by Gasteiger charge is 2.47. The third kappa shape index (κ3) is 27.2. The molecule has 2 aliphatic rings.